The van der Waals surface area contributed by atoms with Gasteiger partial charge in [0.25, 0.3) is 5.91 Å². The first-order chi connectivity index (χ1) is 12.6. The number of nitrogens with one attached hydrogen (secondary N) is 1. The first-order valence-corrected chi connectivity index (χ1v) is 8.96. The first-order valence-electron chi connectivity index (χ1n) is 7.79. The highest BCUT2D eigenvalue weighted by molar-refractivity contribution is 9.10. The highest BCUT2D eigenvalue weighted by Gasteiger charge is 2.13. The van der Waals surface area contributed by atoms with Gasteiger partial charge in [-0.05, 0) is 42.5 Å². The first kappa shape index (κ1) is 16.8. The molecule has 5 nitrogen and oxygen atoms in total. The van der Waals surface area contributed by atoms with Crippen LogP contribution in [0.4, 0.5) is 5.69 Å². The Kier molecular flexibility index (Phi) is 4.44. The number of halogens is 2. The summed E-state index contributed by atoms with van der Waals surface area (Å²) in [6.45, 7) is 0. The molecule has 0 radical (unpaired) electrons. The van der Waals surface area contributed by atoms with Crippen LogP contribution in [0.25, 0.3) is 16.7 Å². The van der Waals surface area contributed by atoms with Crippen LogP contribution in [0.2, 0.25) is 5.02 Å². The number of amides is 1. The maximum absolute atomic E-state index is 12.4. The van der Waals surface area contributed by atoms with Crippen molar-refractivity contribution in [1.29, 1.82) is 0 Å². The fourth-order valence-electron chi connectivity index (χ4n) is 2.53. The summed E-state index contributed by atoms with van der Waals surface area (Å²) >= 11 is 9.68. The number of para-hydroxylation sites is 1. The lowest BCUT2D eigenvalue weighted by molar-refractivity contribution is 0.102. The molecule has 4 rings (SSSR count). The van der Waals surface area contributed by atoms with E-state index in [2.05, 4.69) is 31.4 Å². The maximum Gasteiger partial charge on any atom is 0.255 e. The standard InChI is InChI=1S/C19H12BrClN4O/c20-13-6-4-5-12(9-13)19(26)22-16-11-18-17(10-15(16)21)23-25(24-18)14-7-2-1-3-8-14/h1-11H,(H,22,26). The van der Waals surface area contributed by atoms with Gasteiger partial charge in [-0.3, -0.25) is 4.79 Å². The lowest BCUT2D eigenvalue weighted by Gasteiger charge is -2.07. The Bertz CT molecular complexity index is 1110. The van der Waals surface area contributed by atoms with E-state index in [9.17, 15) is 4.79 Å². The number of hydrogen-bond donors (Lipinski definition) is 1. The SMILES string of the molecule is O=C(Nc1cc2nn(-c3ccccc3)nc2cc1Cl)c1cccc(Br)c1. The van der Waals surface area contributed by atoms with E-state index in [4.69, 9.17) is 11.6 Å². The number of rotatable bonds is 3. The van der Waals surface area contributed by atoms with Crippen LogP contribution >= 0.6 is 27.5 Å². The van der Waals surface area contributed by atoms with Gasteiger partial charge < -0.3 is 5.32 Å². The monoisotopic (exact) mass is 426 g/mol. The Hall–Kier alpha value is -2.70. The second-order valence-corrected chi connectivity index (χ2v) is 6.93. The van der Waals surface area contributed by atoms with Gasteiger partial charge in [-0.1, -0.05) is 51.8 Å². The normalized spacial score (nSPS) is 10.8. The number of carbonyl (C=O) groups excluding carboxylic acids is 1. The van der Waals surface area contributed by atoms with Crippen molar-refractivity contribution in [2.45, 2.75) is 0 Å². The molecule has 1 aromatic heterocycles. The van der Waals surface area contributed by atoms with E-state index in [-0.39, 0.29) is 5.91 Å². The summed E-state index contributed by atoms with van der Waals surface area (Å²) in [6.07, 6.45) is 0. The van der Waals surface area contributed by atoms with Crippen LogP contribution in [-0.4, -0.2) is 20.9 Å². The van der Waals surface area contributed by atoms with Crippen molar-refractivity contribution in [3.8, 4) is 5.69 Å². The highest BCUT2D eigenvalue weighted by Crippen LogP contribution is 2.27. The molecular formula is C19H12BrClN4O. The number of benzene rings is 3. The van der Waals surface area contributed by atoms with Crippen molar-refractivity contribution < 1.29 is 4.79 Å². The Morgan fingerprint density at radius 2 is 1.69 bits per heavy atom. The topological polar surface area (TPSA) is 59.8 Å². The van der Waals surface area contributed by atoms with E-state index in [0.29, 0.717) is 27.3 Å². The molecule has 7 heteroatoms. The van der Waals surface area contributed by atoms with Gasteiger partial charge in [0.15, 0.2) is 0 Å². The van der Waals surface area contributed by atoms with E-state index >= 15 is 0 Å². The summed E-state index contributed by atoms with van der Waals surface area (Å²) in [5.41, 5.74) is 3.16. The molecule has 4 aromatic rings. The largest absolute Gasteiger partial charge is 0.321 e. The van der Waals surface area contributed by atoms with Crippen LogP contribution in [0.15, 0.2) is 71.2 Å². The minimum atomic E-state index is -0.247. The predicted octanol–water partition coefficient (Wildman–Crippen LogP) is 5.09. The molecule has 128 valence electrons. The average Bonchev–Trinajstić information content (AvgIpc) is 3.05. The third kappa shape index (κ3) is 3.34. The zero-order chi connectivity index (χ0) is 18.1. The van der Waals surface area contributed by atoms with Crippen LogP contribution in [-0.2, 0) is 0 Å². The lowest BCUT2D eigenvalue weighted by Crippen LogP contribution is -2.12. The van der Waals surface area contributed by atoms with Crippen LogP contribution in [0.3, 0.4) is 0 Å². The van der Waals surface area contributed by atoms with Gasteiger partial charge in [0, 0.05) is 10.0 Å². The van der Waals surface area contributed by atoms with Crippen molar-refractivity contribution in [3.05, 3.63) is 81.8 Å². The number of nitrogens with zero attached hydrogens (tertiary/aromatic N) is 3. The van der Waals surface area contributed by atoms with Gasteiger partial charge in [-0.15, -0.1) is 10.2 Å². The molecule has 0 fully saturated rings. The molecule has 3 aromatic carbocycles. The van der Waals surface area contributed by atoms with E-state index in [0.717, 1.165) is 10.2 Å². The summed E-state index contributed by atoms with van der Waals surface area (Å²) in [5, 5.41) is 12.1. The molecule has 26 heavy (non-hydrogen) atoms. The third-order valence-electron chi connectivity index (χ3n) is 3.79. The van der Waals surface area contributed by atoms with E-state index in [1.54, 1.807) is 35.1 Å². The summed E-state index contributed by atoms with van der Waals surface area (Å²) < 4.78 is 0.831. The number of aromatic nitrogens is 3. The summed E-state index contributed by atoms with van der Waals surface area (Å²) in [6, 6.07) is 20.1. The Labute approximate surface area is 162 Å². The molecule has 0 saturated carbocycles. The van der Waals surface area contributed by atoms with Crippen LogP contribution < -0.4 is 5.32 Å². The molecule has 0 atom stereocenters. The molecular weight excluding hydrogens is 416 g/mol. The minimum Gasteiger partial charge on any atom is -0.321 e. The third-order valence-corrected chi connectivity index (χ3v) is 4.60. The second kappa shape index (κ2) is 6.90. The fourth-order valence-corrected chi connectivity index (χ4v) is 3.14. The molecule has 1 N–H and O–H groups in total. The molecule has 0 aliphatic carbocycles. The maximum atomic E-state index is 12.4. The fraction of sp³-hybridized carbons (Fsp3) is 0. The number of fused-ring (bicyclic) bond motifs is 1. The zero-order valence-corrected chi connectivity index (χ0v) is 15.7. The summed E-state index contributed by atoms with van der Waals surface area (Å²) in [7, 11) is 0. The van der Waals surface area contributed by atoms with Crippen LogP contribution in [0.5, 0.6) is 0 Å². The lowest BCUT2D eigenvalue weighted by atomic mass is 10.2. The van der Waals surface area contributed by atoms with Gasteiger partial charge in [-0.2, -0.15) is 4.80 Å². The van der Waals surface area contributed by atoms with Crippen LogP contribution in [0, 0.1) is 0 Å². The van der Waals surface area contributed by atoms with Gasteiger partial charge in [-0.25, -0.2) is 0 Å². The molecule has 0 bridgehead atoms. The van der Waals surface area contributed by atoms with E-state index in [1.165, 1.54) is 0 Å². The Balaban J connectivity index is 1.67. The summed E-state index contributed by atoms with van der Waals surface area (Å²) in [4.78, 5) is 14.0. The number of anilines is 1. The van der Waals surface area contributed by atoms with Gasteiger partial charge >= 0.3 is 0 Å². The molecule has 0 spiro atoms. The van der Waals surface area contributed by atoms with Crippen molar-refractivity contribution in [3.63, 3.8) is 0 Å². The number of carbonyl (C=O) groups is 1. The van der Waals surface area contributed by atoms with Gasteiger partial charge in [0.2, 0.25) is 0 Å². The molecule has 0 saturated heterocycles. The predicted molar refractivity (Wildman–Crippen MR) is 106 cm³/mol. The Morgan fingerprint density at radius 1 is 0.962 bits per heavy atom. The zero-order valence-electron chi connectivity index (χ0n) is 13.4. The molecule has 0 aliphatic rings. The quantitative estimate of drug-likeness (QED) is 0.495. The van der Waals surface area contributed by atoms with Crippen molar-refractivity contribution >= 4 is 50.2 Å². The number of hydrogen-bond acceptors (Lipinski definition) is 3. The molecule has 0 unspecified atom stereocenters. The molecule has 0 aliphatic heterocycles. The Morgan fingerprint density at radius 3 is 2.42 bits per heavy atom. The van der Waals surface area contributed by atoms with Crippen LogP contribution in [0.1, 0.15) is 10.4 Å². The van der Waals surface area contributed by atoms with Crippen molar-refractivity contribution in [2.24, 2.45) is 0 Å². The van der Waals surface area contributed by atoms with E-state index < -0.39 is 0 Å². The molecule has 1 amide bonds. The van der Waals surface area contributed by atoms with Gasteiger partial charge in [0.1, 0.15) is 11.0 Å². The van der Waals surface area contributed by atoms with Crippen molar-refractivity contribution in [1.82, 2.24) is 15.0 Å². The van der Waals surface area contributed by atoms with E-state index in [1.807, 2.05) is 36.4 Å². The van der Waals surface area contributed by atoms with Crippen molar-refractivity contribution in [2.75, 3.05) is 5.32 Å². The highest BCUT2D eigenvalue weighted by atomic mass is 79.9. The summed E-state index contributed by atoms with van der Waals surface area (Å²) in [5.74, 6) is -0.247. The van der Waals surface area contributed by atoms with Gasteiger partial charge in [0.05, 0.1) is 16.4 Å². The minimum absolute atomic E-state index is 0.247. The smallest absolute Gasteiger partial charge is 0.255 e. The average molecular weight is 428 g/mol. The molecule has 1 heterocycles. The second-order valence-electron chi connectivity index (χ2n) is 5.61.